The summed E-state index contributed by atoms with van der Waals surface area (Å²) in [6.07, 6.45) is 3.31. The Morgan fingerprint density at radius 3 is 2.59 bits per heavy atom. The summed E-state index contributed by atoms with van der Waals surface area (Å²) in [4.78, 5) is 68.8. The Morgan fingerprint density at radius 1 is 1.02 bits per heavy atom. The lowest BCUT2D eigenvalue weighted by Crippen LogP contribution is -2.59. The van der Waals surface area contributed by atoms with Crippen LogP contribution in [0.4, 0.5) is 0 Å². The minimum atomic E-state index is -1.06. The molecular formula is C31H41N7O6. The zero-order valence-corrected chi connectivity index (χ0v) is 25.3. The Hall–Kier alpha value is -4.26. The predicted molar refractivity (Wildman–Crippen MR) is 159 cm³/mol. The van der Waals surface area contributed by atoms with Crippen LogP contribution in [-0.2, 0) is 54.4 Å². The summed E-state index contributed by atoms with van der Waals surface area (Å²) in [6, 6.07) is 7.39. The van der Waals surface area contributed by atoms with Gasteiger partial charge in [-0.2, -0.15) is 5.10 Å². The molecular weight excluding hydrogens is 566 g/mol. The Balaban J connectivity index is 1.34. The SMILES string of the molecule is C[C@H]1NC(=O)CN(C)C(=O)[C@@H](Cc2ccccc2)NC(=O)[C@H]2CN(C(=O)CCc3n[nH]c4c3CCCC4)C[C@H](CNC1=O)O2. The molecule has 2 aliphatic heterocycles. The first-order valence-electron chi connectivity index (χ1n) is 15.3. The molecule has 0 spiro atoms. The van der Waals surface area contributed by atoms with Gasteiger partial charge in [0.15, 0.2) is 6.10 Å². The summed E-state index contributed by atoms with van der Waals surface area (Å²) in [5.74, 6) is -2.11. The van der Waals surface area contributed by atoms with Gasteiger partial charge in [0.05, 0.1) is 24.9 Å². The van der Waals surface area contributed by atoms with Crippen LogP contribution in [0, 0.1) is 0 Å². The van der Waals surface area contributed by atoms with Crippen molar-refractivity contribution < 1.29 is 28.7 Å². The van der Waals surface area contributed by atoms with E-state index in [-0.39, 0.29) is 44.9 Å². The van der Waals surface area contributed by atoms with Gasteiger partial charge >= 0.3 is 0 Å². The molecule has 3 heterocycles. The van der Waals surface area contributed by atoms with Gasteiger partial charge in [0, 0.05) is 45.1 Å². The lowest BCUT2D eigenvalue weighted by atomic mass is 9.94. The molecule has 2 saturated heterocycles. The Kier molecular flexibility index (Phi) is 9.93. The number of morpholine rings is 1. The molecule has 2 fully saturated rings. The number of rotatable bonds is 5. The van der Waals surface area contributed by atoms with E-state index >= 15 is 0 Å². The molecule has 44 heavy (non-hydrogen) atoms. The Morgan fingerprint density at radius 2 is 1.80 bits per heavy atom. The molecule has 236 valence electrons. The Labute approximate surface area is 256 Å². The van der Waals surface area contributed by atoms with Gasteiger partial charge in [-0.15, -0.1) is 0 Å². The van der Waals surface area contributed by atoms with Crippen molar-refractivity contribution in [1.82, 2.24) is 35.9 Å². The normalized spacial score (nSPS) is 25.2. The highest BCUT2D eigenvalue weighted by Crippen LogP contribution is 2.23. The number of ether oxygens (including phenoxy) is 1. The van der Waals surface area contributed by atoms with Crippen molar-refractivity contribution in [2.75, 3.05) is 33.2 Å². The molecule has 13 heteroatoms. The van der Waals surface area contributed by atoms with Crippen molar-refractivity contribution >= 4 is 29.5 Å². The number of aromatic amines is 1. The first-order chi connectivity index (χ1) is 21.2. The predicted octanol–water partition coefficient (Wildman–Crippen LogP) is -0.362. The van der Waals surface area contributed by atoms with Crippen molar-refractivity contribution in [3.63, 3.8) is 0 Å². The third-order valence-electron chi connectivity index (χ3n) is 8.46. The smallest absolute Gasteiger partial charge is 0.251 e. The minimum Gasteiger partial charge on any atom is -0.360 e. The molecule has 5 rings (SSSR count). The van der Waals surface area contributed by atoms with E-state index in [2.05, 4.69) is 26.1 Å². The second kappa shape index (κ2) is 14.0. The maximum absolute atomic E-state index is 13.6. The van der Waals surface area contributed by atoms with Crippen LogP contribution in [0.15, 0.2) is 30.3 Å². The second-order valence-corrected chi connectivity index (χ2v) is 11.9. The number of nitrogens with zero attached hydrogens (tertiary/aromatic N) is 3. The third-order valence-corrected chi connectivity index (χ3v) is 8.46. The first kappa shape index (κ1) is 31.2. The van der Waals surface area contributed by atoms with Crippen molar-refractivity contribution in [2.45, 2.75) is 76.2 Å². The van der Waals surface area contributed by atoms with Crippen LogP contribution in [0.25, 0.3) is 0 Å². The number of hydrogen-bond acceptors (Lipinski definition) is 7. The zero-order valence-electron chi connectivity index (χ0n) is 25.3. The molecule has 0 saturated carbocycles. The van der Waals surface area contributed by atoms with Crippen molar-refractivity contribution in [2.24, 2.45) is 0 Å². The van der Waals surface area contributed by atoms with Gasteiger partial charge < -0.3 is 30.5 Å². The molecule has 4 N–H and O–H groups in total. The Bertz CT molecular complexity index is 1380. The fraction of sp³-hybridized carbons (Fsp3) is 0.548. The summed E-state index contributed by atoms with van der Waals surface area (Å²) >= 11 is 0. The van der Waals surface area contributed by atoms with Gasteiger partial charge in [-0.25, -0.2) is 0 Å². The quantitative estimate of drug-likeness (QED) is 0.360. The molecule has 3 aliphatic rings. The first-order valence-corrected chi connectivity index (χ1v) is 15.3. The topological polar surface area (TPSA) is 166 Å². The highest BCUT2D eigenvalue weighted by molar-refractivity contribution is 5.93. The summed E-state index contributed by atoms with van der Waals surface area (Å²) in [5, 5.41) is 15.8. The number of H-pyrrole nitrogens is 1. The number of aryl methyl sites for hydroxylation is 2. The zero-order chi connectivity index (χ0) is 31.2. The maximum atomic E-state index is 13.6. The highest BCUT2D eigenvalue weighted by Gasteiger charge is 2.37. The summed E-state index contributed by atoms with van der Waals surface area (Å²) in [7, 11) is 1.47. The van der Waals surface area contributed by atoms with E-state index in [0.29, 0.717) is 6.42 Å². The molecule has 1 aliphatic carbocycles. The maximum Gasteiger partial charge on any atom is 0.251 e. The van der Waals surface area contributed by atoms with Gasteiger partial charge in [0.25, 0.3) is 5.91 Å². The number of carbonyl (C=O) groups is 5. The van der Waals surface area contributed by atoms with E-state index in [1.807, 2.05) is 30.3 Å². The third kappa shape index (κ3) is 7.62. The molecule has 0 radical (unpaired) electrons. The van der Waals surface area contributed by atoms with Crippen LogP contribution in [-0.4, -0.2) is 107 Å². The summed E-state index contributed by atoms with van der Waals surface area (Å²) in [6.45, 7) is 1.47. The molecule has 1 aromatic carbocycles. The van der Waals surface area contributed by atoms with Crippen LogP contribution in [0.3, 0.4) is 0 Å². The molecule has 0 unspecified atom stereocenters. The van der Waals surface area contributed by atoms with Crippen LogP contribution < -0.4 is 16.0 Å². The van der Waals surface area contributed by atoms with E-state index in [4.69, 9.17) is 4.74 Å². The number of amides is 5. The number of benzene rings is 1. The van der Waals surface area contributed by atoms with E-state index < -0.39 is 47.9 Å². The average Bonchev–Trinajstić information content (AvgIpc) is 3.44. The van der Waals surface area contributed by atoms with Gasteiger partial charge in [-0.05, 0) is 43.7 Å². The van der Waals surface area contributed by atoms with Crippen molar-refractivity contribution in [3.8, 4) is 0 Å². The monoisotopic (exact) mass is 607 g/mol. The van der Waals surface area contributed by atoms with Crippen LogP contribution in [0.1, 0.15) is 48.7 Å². The number of hydrogen-bond donors (Lipinski definition) is 4. The fourth-order valence-corrected chi connectivity index (χ4v) is 6.03. The van der Waals surface area contributed by atoms with Gasteiger partial charge in [0.1, 0.15) is 12.1 Å². The number of likely N-dealkylation sites (N-methyl/N-ethyl adjacent to an activating group) is 1. The van der Waals surface area contributed by atoms with Crippen LogP contribution in [0.2, 0.25) is 0 Å². The molecule has 4 atom stereocenters. The summed E-state index contributed by atoms with van der Waals surface area (Å²) in [5.41, 5.74) is 4.09. The highest BCUT2D eigenvalue weighted by atomic mass is 16.5. The van der Waals surface area contributed by atoms with Gasteiger partial charge in [0.2, 0.25) is 23.6 Å². The molecule has 2 aromatic rings. The fourth-order valence-electron chi connectivity index (χ4n) is 6.03. The standard InChI is InChI=1S/C31H41N7O6/c1-19-29(41)32-15-21-16-38(28(40)13-12-24-22-10-6-7-11-23(22)35-36-24)17-26(44-21)30(42)34-25(14-20-8-4-3-5-9-20)31(43)37(2)18-27(39)33-19/h3-5,8-9,19,21,25-26H,6-7,10-18H2,1-2H3,(H,32,41)(H,33,39)(H,34,42)(H,35,36)/t19-,21+,25-,26-/m1/s1. The van der Waals surface area contributed by atoms with Crippen LogP contribution in [0.5, 0.6) is 0 Å². The summed E-state index contributed by atoms with van der Waals surface area (Å²) < 4.78 is 6.10. The largest absolute Gasteiger partial charge is 0.360 e. The van der Waals surface area contributed by atoms with E-state index in [1.54, 1.807) is 11.8 Å². The van der Waals surface area contributed by atoms with Gasteiger partial charge in [-0.1, -0.05) is 30.3 Å². The van der Waals surface area contributed by atoms with E-state index in [9.17, 15) is 24.0 Å². The van der Waals surface area contributed by atoms with Crippen molar-refractivity contribution in [1.29, 1.82) is 0 Å². The molecule has 1 aromatic heterocycles. The number of carbonyl (C=O) groups excluding carboxylic acids is 5. The number of aromatic nitrogens is 2. The molecule has 13 nitrogen and oxygen atoms in total. The molecule has 5 amide bonds. The minimum absolute atomic E-state index is 0.00627. The lowest BCUT2D eigenvalue weighted by Gasteiger charge is -2.38. The van der Waals surface area contributed by atoms with E-state index in [0.717, 1.165) is 42.6 Å². The van der Waals surface area contributed by atoms with Gasteiger partial charge in [-0.3, -0.25) is 29.1 Å². The number of nitrogens with one attached hydrogen (secondary N) is 4. The number of fused-ring (bicyclic) bond motifs is 3. The molecule has 2 bridgehead atoms. The van der Waals surface area contributed by atoms with Crippen LogP contribution >= 0.6 is 0 Å². The second-order valence-electron chi connectivity index (χ2n) is 11.9. The lowest BCUT2D eigenvalue weighted by molar-refractivity contribution is -0.157. The average molecular weight is 608 g/mol. The van der Waals surface area contributed by atoms with E-state index in [1.165, 1.54) is 17.5 Å². The van der Waals surface area contributed by atoms with Crippen molar-refractivity contribution in [3.05, 3.63) is 52.8 Å².